The molecule has 0 saturated carbocycles. The van der Waals surface area contributed by atoms with Gasteiger partial charge in [-0.05, 0) is 5.75 Å². The van der Waals surface area contributed by atoms with Crippen molar-refractivity contribution >= 4 is 0 Å². The molecule has 0 aliphatic heterocycles. The standard InChI is InChI=1S/C13H13NO/c1-11-7-8-13(15)10-14(11)9-12-5-3-2-4-6-12/h2-8,10H,9H2,1H3. The summed E-state index contributed by atoms with van der Waals surface area (Å²) in [6.07, 6.45) is 1.64. The van der Waals surface area contributed by atoms with Gasteiger partial charge in [0.2, 0.25) is 0 Å². The summed E-state index contributed by atoms with van der Waals surface area (Å²) in [5, 5.41) is 11.2. The van der Waals surface area contributed by atoms with Crippen molar-refractivity contribution in [2.45, 2.75) is 13.5 Å². The minimum atomic E-state index is 0.0523. The van der Waals surface area contributed by atoms with Gasteiger partial charge in [-0.3, -0.25) is 0 Å². The Morgan fingerprint density at radius 3 is 2.53 bits per heavy atom. The first-order valence-electron chi connectivity index (χ1n) is 4.97. The summed E-state index contributed by atoms with van der Waals surface area (Å²) in [6, 6.07) is 13.6. The van der Waals surface area contributed by atoms with Crippen LogP contribution in [-0.2, 0) is 6.54 Å². The largest absolute Gasteiger partial charge is 0.868 e. The normalized spacial score (nSPS) is 10.2. The predicted octanol–water partition coefficient (Wildman–Crippen LogP) is 1.40. The van der Waals surface area contributed by atoms with Crippen LogP contribution in [0.25, 0.3) is 0 Å². The van der Waals surface area contributed by atoms with E-state index in [1.165, 1.54) is 5.56 Å². The van der Waals surface area contributed by atoms with Gasteiger partial charge in [0.25, 0.3) is 0 Å². The second-order valence-electron chi connectivity index (χ2n) is 3.62. The first-order chi connectivity index (χ1) is 7.25. The van der Waals surface area contributed by atoms with Crippen LogP contribution in [0.2, 0.25) is 0 Å². The average molecular weight is 199 g/mol. The molecule has 2 heteroatoms. The summed E-state index contributed by atoms with van der Waals surface area (Å²) < 4.78 is 1.97. The number of rotatable bonds is 2. The molecule has 0 fully saturated rings. The monoisotopic (exact) mass is 199 g/mol. The molecule has 0 amide bonds. The summed E-state index contributed by atoms with van der Waals surface area (Å²) in [7, 11) is 0. The first kappa shape index (κ1) is 9.71. The Kier molecular flexibility index (Phi) is 2.68. The molecule has 0 aliphatic carbocycles. The summed E-state index contributed by atoms with van der Waals surface area (Å²) >= 11 is 0. The van der Waals surface area contributed by atoms with Gasteiger partial charge in [0.05, 0.1) is 0 Å². The van der Waals surface area contributed by atoms with E-state index in [-0.39, 0.29) is 5.75 Å². The minimum Gasteiger partial charge on any atom is -0.868 e. The summed E-state index contributed by atoms with van der Waals surface area (Å²) in [5.41, 5.74) is 2.30. The lowest BCUT2D eigenvalue weighted by atomic mass is 10.2. The molecule has 0 bridgehead atoms. The highest BCUT2D eigenvalue weighted by atomic mass is 16.3. The first-order valence-corrected chi connectivity index (χ1v) is 4.97. The van der Waals surface area contributed by atoms with Gasteiger partial charge in [0, 0.05) is 18.6 Å². The van der Waals surface area contributed by atoms with Crippen LogP contribution in [0.5, 0.6) is 5.75 Å². The van der Waals surface area contributed by atoms with Crippen LogP contribution in [-0.4, -0.2) is 0 Å². The molecule has 1 heterocycles. The quantitative estimate of drug-likeness (QED) is 0.672. The summed E-state index contributed by atoms with van der Waals surface area (Å²) in [4.78, 5) is 0. The van der Waals surface area contributed by atoms with Gasteiger partial charge < -0.3 is 5.11 Å². The average Bonchev–Trinajstić information content (AvgIpc) is 2.25. The molecule has 0 saturated heterocycles. The van der Waals surface area contributed by atoms with Crippen molar-refractivity contribution in [1.29, 1.82) is 0 Å². The Morgan fingerprint density at radius 1 is 1.07 bits per heavy atom. The minimum absolute atomic E-state index is 0.0523. The molecule has 0 unspecified atom stereocenters. The van der Waals surface area contributed by atoms with Crippen molar-refractivity contribution in [3.05, 3.63) is 59.9 Å². The lowest BCUT2D eigenvalue weighted by Gasteiger charge is -2.05. The molecular weight excluding hydrogens is 186 g/mol. The molecule has 0 atom stereocenters. The van der Waals surface area contributed by atoms with Gasteiger partial charge in [-0.2, -0.15) is 4.57 Å². The zero-order valence-electron chi connectivity index (χ0n) is 8.68. The van der Waals surface area contributed by atoms with E-state index in [1.807, 2.05) is 35.8 Å². The lowest BCUT2D eigenvalue weighted by molar-refractivity contribution is -0.696. The molecule has 76 valence electrons. The van der Waals surface area contributed by atoms with E-state index in [9.17, 15) is 5.11 Å². The Morgan fingerprint density at radius 2 is 1.80 bits per heavy atom. The fourth-order valence-corrected chi connectivity index (χ4v) is 1.55. The Bertz CT molecular complexity index is 451. The number of benzene rings is 1. The maximum absolute atomic E-state index is 11.2. The van der Waals surface area contributed by atoms with Gasteiger partial charge >= 0.3 is 0 Å². The molecule has 0 aliphatic rings. The zero-order chi connectivity index (χ0) is 10.7. The van der Waals surface area contributed by atoms with E-state index < -0.39 is 0 Å². The van der Waals surface area contributed by atoms with E-state index >= 15 is 0 Å². The van der Waals surface area contributed by atoms with E-state index in [0.29, 0.717) is 0 Å². The molecule has 15 heavy (non-hydrogen) atoms. The highest BCUT2D eigenvalue weighted by Gasteiger charge is 2.05. The maximum atomic E-state index is 11.2. The third-order valence-corrected chi connectivity index (χ3v) is 2.42. The maximum Gasteiger partial charge on any atom is 0.178 e. The molecule has 0 radical (unpaired) electrons. The predicted molar refractivity (Wildman–Crippen MR) is 56.4 cm³/mol. The van der Waals surface area contributed by atoms with E-state index in [0.717, 1.165) is 12.2 Å². The Balaban J connectivity index is 2.28. The summed E-state index contributed by atoms with van der Waals surface area (Å²) in [6.45, 7) is 2.76. The van der Waals surface area contributed by atoms with Crippen LogP contribution in [0.3, 0.4) is 0 Å². The molecule has 1 aromatic carbocycles. The van der Waals surface area contributed by atoms with E-state index in [2.05, 4.69) is 12.1 Å². The number of hydrogen-bond donors (Lipinski definition) is 0. The number of aryl methyl sites for hydroxylation is 1. The number of pyridine rings is 1. The van der Waals surface area contributed by atoms with Crippen LogP contribution >= 0.6 is 0 Å². The fraction of sp³-hybridized carbons (Fsp3) is 0.154. The van der Waals surface area contributed by atoms with Crippen LogP contribution in [0.4, 0.5) is 0 Å². The third kappa shape index (κ3) is 2.34. The van der Waals surface area contributed by atoms with E-state index in [4.69, 9.17) is 0 Å². The SMILES string of the molecule is Cc1ccc([O-])c[n+]1Cc1ccccc1. The third-order valence-electron chi connectivity index (χ3n) is 2.42. The van der Waals surface area contributed by atoms with Gasteiger partial charge in [0.1, 0.15) is 0 Å². The lowest BCUT2D eigenvalue weighted by Crippen LogP contribution is -2.37. The van der Waals surface area contributed by atoms with Crippen LogP contribution in [0.1, 0.15) is 11.3 Å². The van der Waals surface area contributed by atoms with Crippen molar-refractivity contribution in [2.75, 3.05) is 0 Å². The smallest absolute Gasteiger partial charge is 0.178 e. The molecular formula is C13H13NO. The fourth-order valence-electron chi connectivity index (χ4n) is 1.55. The number of nitrogens with zero attached hydrogens (tertiary/aromatic N) is 1. The van der Waals surface area contributed by atoms with Gasteiger partial charge in [0.15, 0.2) is 18.4 Å². The molecule has 1 aromatic heterocycles. The van der Waals surface area contributed by atoms with Crippen molar-refractivity contribution in [1.82, 2.24) is 0 Å². The summed E-state index contributed by atoms with van der Waals surface area (Å²) in [5.74, 6) is 0.0523. The molecule has 0 spiro atoms. The topological polar surface area (TPSA) is 26.9 Å². The zero-order valence-corrected chi connectivity index (χ0v) is 8.68. The van der Waals surface area contributed by atoms with Crippen molar-refractivity contribution in [2.24, 2.45) is 0 Å². The highest BCUT2D eigenvalue weighted by molar-refractivity contribution is 5.15. The number of aromatic nitrogens is 1. The van der Waals surface area contributed by atoms with E-state index in [1.54, 1.807) is 12.3 Å². The molecule has 2 nitrogen and oxygen atoms in total. The van der Waals surface area contributed by atoms with Crippen molar-refractivity contribution < 1.29 is 9.67 Å². The van der Waals surface area contributed by atoms with Gasteiger partial charge in [-0.25, -0.2) is 0 Å². The van der Waals surface area contributed by atoms with Crippen molar-refractivity contribution in [3.63, 3.8) is 0 Å². The second kappa shape index (κ2) is 4.13. The number of hydrogen-bond acceptors (Lipinski definition) is 1. The van der Waals surface area contributed by atoms with Gasteiger partial charge in [-0.15, -0.1) is 0 Å². The van der Waals surface area contributed by atoms with Crippen molar-refractivity contribution in [3.8, 4) is 5.75 Å². The van der Waals surface area contributed by atoms with Crippen LogP contribution in [0, 0.1) is 6.92 Å². The Hall–Kier alpha value is -1.83. The van der Waals surface area contributed by atoms with Crippen LogP contribution in [0.15, 0.2) is 48.7 Å². The van der Waals surface area contributed by atoms with Gasteiger partial charge in [-0.1, -0.05) is 36.4 Å². The molecule has 2 rings (SSSR count). The Labute approximate surface area is 89.4 Å². The molecule has 0 N–H and O–H groups in total. The molecule has 2 aromatic rings. The highest BCUT2D eigenvalue weighted by Crippen LogP contribution is 2.03. The van der Waals surface area contributed by atoms with Crippen LogP contribution < -0.4 is 9.67 Å². The second-order valence-corrected chi connectivity index (χ2v) is 3.62.